The van der Waals surface area contributed by atoms with Crippen molar-refractivity contribution < 1.29 is 9.53 Å². The Kier molecular flexibility index (Phi) is 7.51. The van der Waals surface area contributed by atoms with Gasteiger partial charge in [0.25, 0.3) is 0 Å². The largest absolute Gasteiger partial charge is 0.385 e. The smallest absolute Gasteiger partial charge is 0.135 e. The maximum absolute atomic E-state index is 11.3. The summed E-state index contributed by atoms with van der Waals surface area (Å²) in [5.41, 5.74) is 0. The fourth-order valence-electron chi connectivity index (χ4n) is 0.943. The monoisotopic (exact) mass is 192 g/mol. The van der Waals surface area contributed by atoms with Crippen molar-refractivity contribution in [3.8, 4) is 0 Å². The van der Waals surface area contributed by atoms with Crippen LogP contribution in [0.3, 0.4) is 0 Å². The first-order valence-corrected chi connectivity index (χ1v) is 4.83. The number of rotatable bonds is 7. The third-order valence-corrected chi connectivity index (χ3v) is 2.13. The van der Waals surface area contributed by atoms with Crippen molar-refractivity contribution in [3.05, 3.63) is 0 Å². The van der Waals surface area contributed by atoms with E-state index in [1.54, 1.807) is 7.11 Å². The maximum atomic E-state index is 11.3. The van der Waals surface area contributed by atoms with E-state index in [4.69, 9.17) is 16.3 Å². The van der Waals surface area contributed by atoms with Crippen LogP contribution in [0.5, 0.6) is 0 Å². The van der Waals surface area contributed by atoms with Gasteiger partial charge in [-0.15, -0.1) is 11.6 Å². The third kappa shape index (κ3) is 5.56. The molecule has 0 aliphatic heterocycles. The van der Waals surface area contributed by atoms with E-state index in [1.807, 2.05) is 6.92 Å². The second-order valence-electron chi connectivity index (χ2n) is 2.94. The zero-order valence-corrected chi connectivity index (χ0v) is 8.56. The molecule has 72 valence electrons. The third-order valence-electron chi connectivity index (χ3n) is 1.86. The highest BCUT2D eigenvalue weighted by Gasteiger charge is 2.11. The van der Waals surface area contributed by atoms with Gasteiger partial charge >= 0.3 is 0 Å². The molecule has 0 spiro atoms. The number of hydrogen-bond donors (Lipinski definition) is 0. The number of Topliss-reactive ketones (excluding diaryl/α,β-unsaturated/α-hetero) is 1. The van der Waals surface area contributed by atoms with Gasteiger partial charge in [0.1, 0.15) is 5.78 Å². The summed E-state index contributed by atoms with van der Waals surface area (Å²) in [5, 5.41) is 0. The van der Waals surface area contributed by atoms with Gasteiger partial charge in [0.15, 0.2) is 0 Å². The van der Waals surface area contributed by atoms with E-state index in [2.05, 4.69) is 0 Å². The fourth-order valence-corrected chi connectivity index (χ4v) is 1.08. The molecule has 0 aromatic heterocycles. The van der Waals surface area contributed by atoms with E-state index in [1.165, 1.54) is 0 Å². The van der Waals surface area contributed by atoms with Crippen LogP contribution in [0.4, 0.5) is 0 Å². The summed E-state index contributed by atoms with van der Waals surface area (Å²) >= 11 is 5.48. The average molecular weight is 193 g/mol. The zero-order chi connectivity index (χ0) is 9.40. The summed E-state index contributed by atoms with van der Waals surface area (Å²) in [4.78, 5) is 11.3. The molecule has 0 saturated carbocycles. The highest BCUT2D eigenvalue weighted by Crippen LogP contribution is 2.08. The topological polar surface area (TPSA) is 26.3 Å². The second-order valence-corrected chi connectivity index (χ2v) is 3.32. The molecule has 12 heavy (non-hydrogen) atoms. The SMILES string of the molecule is COCCC(C)C(=O)CCCCl. The lowest BCUT2D eigenvalue weighted by atomic mass is 10.00. The van der Waals surface area contributed by atoms with Crippen LogP contribution in [-0.2, 0) is 9.53 Å². The van der Waals surface area contributed by atoms with Gasteiger partial charge in [-0.25, -0.2) is 0 Å². The standard InChI is InChI=1S/C9H17ClO2/c1-8(5-7-12-2)9(11)4-3-6-10/h8H,3-7H2,1-2H3. The number of hydrogen-bond acceptors (Lipinski definition) is 2. The molecular weight excluding hydrogens is 176 g/mol. The van der Waals surface area contributed by atoms with E-state index in [0.717, 1.165) is 12.8 Å². The number of ether oxygens (including phenoxy) is 1. The van der Waals surface area contributed by atoms with Crippen LogP contribution < -0.4 is 0 Å². The van der Waals surface area contributed by atoms with Crippen LogP contribution in [0.1, 0.15) is 26.2 Å². The Hall–Kier alpha value is -0.0800. The highest BCUT2D eigenvalue weighted by atomic mass is 35.5. The Bertz CT molecular complexity index is 126. The highest BCUT2D eigenvalue weighted by molar-refractivity contribution is 6.17. The number of alkyl halides is 1. The number of methoxy groups -OCH3 is 1. The Balaban J connectivity index is 3.47. The van der Waals surface area contributed by atoms with Crippen LogP contribution in [0.15, 0.2) is 0 Å². The van der Waals surface area contributed by atoms with Gasteiger partial charge in [-0.1, -0.05) is 6.92 Å². The van der Waals surface area contributed by atoms with Gasteiger partial charge in [0, 0.05) is 31.9 Å². The van der Waals surface area contributed by atoms with Gasteiger partial charge in [-0.3, -0.25) is 4.79 Å². The summed E-state index contributed by atoms with van der Waals surface area (Å²) in [6.45, 7) is 2.60. The molecule has 2 nitrogen and oxygen atoms in total. The molecule has 0 amide bonds. The van der Waals surface area contributed by atoms with Crippen molar-refractivity contribution in [1.29, 1.82) is 0 Å². The van der Waals surface area contributed by atoms with Crippen molar-refractivity contribution in [3.63, 3.8) is 0 Å². The molecule has 0 fully saturated rings. The van der Waals surface area contributed by atoms with Crippen molar-refractivity contribution in [1.82, 2.24) is 0 Å². The molecule has 0 bridgehead atoms. The molecule has 0 radical (unpaired) electrons. The predicted molar refractivity (Wildman–Crippen MR) is 50.6 cm³/mol. The number of halogens is 1. The first-order chi connectivity index (χ1) is 5.72. The summed E-state index contributed by atoms with van der Waals surface area (Å²) in [5.74, 6) is 0.990. The lowest BCUT2D eigenvalue weighted by molar-refractivity contribution is -0.122. The molecule has 0 aliphatic rings. The normalized spacial score (nSPS) is 12.9. The van der Waals surface area contributed by atoms with Gasteiger partial charge in [-0.2, -0.15) is 0 Å². The lowest BCUT2D eigenvalue weighted by Crippen LogP contribution is -2.12. The summed E-state index contributed by atoms with van der Waals surface area (Å²) in [6.07, 6.45) is 2.21. The number of carbonyl (C=O) groups is 1. The molecular formula is C9H17ClO2. The fraction of sp³-hybridized carbons (Fsp3) is 0.889. The minimum atomic E-state index is 0.119. The zero-order valence-electron chi connectivity index (χ0n) is 7.81. The summed E-state index contributed by atoms with van der Waals surface area (Å²) < 4.78 is 4.89. The Labute approximate surface area is 79.2 Å². The van der Waals surface area contributed by atoms with E-state index in [9.17, 15) is 4.79 Å². The molecule has 0 heterocycles. The molecule has 0 aromatic carbocycles. The molecule has 0 rings (SSSR count). The maximum Gasteiger partial charge on any atom is 0.135 e. The van der Waals surface area contributed by atoms with E-state index >= 15 is 0 Å². The molecule has 1 unspecified atom stereocenters. The summed E-state index contributed by atoms with van der Waals surface area (Å²) in [6, 6.07) is 0. The average Bonchev–Trinajstić information content (AvgIpc) is 2.10. The summed E-state index contributed by atoms with van der Waals surface area (Å²) in [7, 11) is 1.65. The minimum Gasteiger partial charge on any atom is -0.385 e. The number of ketones is 1. The Morgan fingerprint density at radius 1 is 1.58 bits per heavy atom. The Morgan fingerprint density at radius 2 is 2.25 bits per heavy atom. The van der Waals surface area contributed by atoms with Crippen LogP contribution >= 0.6 is 11.6 Å². The van der Waals surface area contributed by atoms with Gasteiger partial charge in [-0.05, 0) is 12.8 Å². The molecule has 0 N–H and O–H groups in total. The van der Waals surface area contributed by atoms with Gasteiger partial charge in [0.05, 0.1) is 0 Å². The van der Waals surface area contributed by atoms with Crippen LogP contribution in [0, 0.1) is 5.92 Å². The van der Waals surface area contributed by atoms with E-state index in [-0.39, 0.29) is 5.92 Å². The lowest BCUT2D eigenvalue weighted by Gasteiger charge is -2.08. The molecule has 0 aliphatic carbocycles. The van der Waals surface area contributed by atoms with Gasteiger partial charge in [0.2, 0.25) is 0 Å². The minimum absolute atomic E-state index is 0.119. The molecule has 1 atom stereocenters. The predicted octanol–water partition coefficient (Wildman–Crippen LogP) is 2.25. The second kappa shape index (κ2) is 7.56. The van der Waals surface area contributed by atoms with E-state index in [0.29, 0.717) is 24.7 Å². The van der Waals surface area contributed by atoms with Crippen LogP contribution in [0.25, 0.3) is 0 Å². The molecule has 0 aromatic rings. The van der Waals surface area contributed by atoms with Crippen molar-refractivity contribution in [2.45, 2.75) is 26.2 Å². The quantitative estimate of drug-likeness (QED) is 0.579. The Morgan fingerprint density at radius 3 is 2.75 bits per heavy atom. The number of carbonyl (C=O) groups excluding carboxylic acids is 1. The first kappa shape index (κ1) is 11.9. The van der Waals surface area contributed by atoms with Crippen LogP contribution in [0.2, 0.25) is 0 Å². The van der Waals surface area contributed by atoms with E-state index < -0.39 is 0 Å². The first-order valence-electron chi connectivity index (χ1n) is 4.30. The van der Waals surface area contributed by atoms with Crippen LogP contribution in [-0.4, -0.2) is 25.4 Å². The van der Waals surface area contributed by atoms with Crippen molar-refractivity contribution in [2.75, 3.05) is 19.6 Å². The molecule has 3 heteroatoms. The van der Waals surface area contributed by atoms with Gasteiger partial charge < -0.3 is 4.74 Å². The van der Waals surface area contributed by atoms with Crippen molar-refractivity contribution >= 4 is 17.4 Å². The molecule has 0 saturated heterocycles. The van der Waals surface area contributed by atoms with Crippen molar-refractivity contribution in [2.24, 2.45) is 5.92 Å².